The molecule has 5 heteroatoms. The summed E-state index contributed by atoms with van der Waals surface area (Å²) >= 11 is 0. The van der Waals surface area contributed by atoms with Crippen molar-refractivity contribution in [3.63, 3.8) is 0 Å². The Bertz CT molecular complexity index is 963. The highest BCUT2D eigenvalue weighted by atomic mass is 19.1. The Labute approximate surface area is 132 Å². The van der Waals surface area contributed by atoms with Gasteiger partial charge in [-0.2, -0.15) is 0 Å². The van der Waals surface area contributed by atoms with Crippen molar-refractivity contribution in [2.24, 2.45) is 0 Å². The number of imidazole rings is 1. The number of hydrogen-bond donors (Lipinski definition) is 0. The molecule has 3 aromatic heterocycles. The maximum atomic E-state index is 14.0. The predicted molar refractivity (Wildman–Crippen MR) is 86.3 cm³/mol. The van der Waals surface area contributed by atoms with Crippen LogP contribution in [0.4, 0.5) is 4.39 Å². The van der Waals surface area contributed by atoms with Crippen molar-refractivity contribution in [1.82, 2.24) is 19.5 Å². The van der Waals surface area contributed by atoms with Gasteiger partial charge in [-0.3, -0.25) is 4.98 Å². The number of rotatable bonds is 3. The first-order chi connectivity index (χ1) is 11.3. The van der Waals surface area contributed by atoms with Gasteiger partial charge in [-0.15, -0.1) is 0 Å². The molecule has 0 bridgehead atoms. The first-order valence-corrected chi connectivity index (χ1v) is 7.28. The molecule has 0 aliphatic rings. The second-order valence-corrected chi connectivity index (χ2v) is 5.20. The minimum Gasteiger partial charge on any atom is -0.304 e. The SMILES string of the molecule is Fc1ccccc1Cn1c(-c2cccnc2)nc2cccnc21. The lowest BCUT2D eigenvalue weighted by Crippen LogP contribution is -2.05. The number of halogens is 1. The lowest BCUT2D eigenvalue weighted by molar-refractivity contribution is 0.602. The minimum atomic E-state index is -0.234. The van der Waals surface area contributed by atoms with E-state index in [4.69, 9.17) is 0 Å². The molecule has 0 fully saturated rings. The van der Waals surface area contributed by atoms with Crippen LogP contribution in [0.15, 0.2) is 67.1 Å². The molecule has 0 saturated heterocycles. The Morgan fingerprint density at radius 2 is 1.83 bits per heavy atom. The highest BCUT2D eigenvalue weighted by Gasteiger charge is 2.15. The van der Waals surface area contributed by atoms with Crippen molar-refractivity contribution in [2.75, 3.05) is 0 Å². The van der Waals surface area contributed by atoms with E-state index in [1.165, 1.54) is 6.07 Å². The molecule has 0 spiro atoms. The van der Waals surface area contributed by atoms with Gasteiger partial charge in [0.25, 0.3) is 0 Å². The lowest BCUT2D eigenvalue weighted by atomic mass is 10.2. The fraction of sp³-hybridized carbons (Fsp3) is 0.0556. The molecule has 1 aromatic carbocycles. The van der Waals surface area contributed by atoms with Crippen LogP contribution in [0, 0.1) is 5.82 Å². The van der Waals surface area contributed by atoms with E-state index in [0.717, 1.165) is 22.6 Å². The number of benzene rings is 1. The van der Waals surface area contributed by atoms with Crippen LogP contribution in [0.3, 0.4) is 0 Å². The first kappa shape index (κ1) is 13.6. The van der Waals surface area contributed by atoms with E-state index in [0.29, 0.717) is 12.1 Å². The van der Waals surface area contributed by atoms with Gasteiger partial charge in [-0.1, -0.05) is 18.2 Å². The third-order valence-corrected chi connectivity index (χ3v) is 3.71. The summed E-state index contributed by atoms with van der Waals surface area (Å²) in [6.45, 7) is 0.365. The van der Waals surface area contributed by atoms with Gasteiger partial charge >= 0.3 is 0 Å². The topological polar surface area (TPSA) is 43.6 Å². The molecule has 0 aliphatic carbocycles. The molecule has 0 aliphatic heterocycles. The zero-order valence-electron chi connectivity index (χ0n) is 12.2. The van der Waals surface area contributed by atoms with Gasteiger partial charge in [0, 0.05) is 29.7 Å². The summed E-state index contributed by atoms with van der Waals surface area (Å²) in [4.78, 5) is 13.2. The van der Waals surface area contributed by atoms with Gasteiger partial charge in [0.15, 0.2) is 5.65 Å². The van der Waals surface area contributed by atoms with Gasteiger partial charge < -0.3 is 4.57 Å². The highest BCUT2D eigenvalue weighted by molar-refractivity contribution is 5.77. The van der Waals surface area contributed by atoms with Crippen molar-refractivity contribution in [1.29, 1.82) is 0 Å². The van der Waals surface area contributed by atoms with Crippen LogP contribution >= 0.6 is 0 Å². The zero-order valence-corrected chi connectivity index (χ0v) is 12.2. The van der Waals surface area contributed by atoms with Crippen molar-refractivity contribution in [3.8, 4) is 11.4 Å². The molecular formula is C18H13FN4. The molecule has 23 heavy (non-hydrogen) atoms. The van der Waals surface area contributed by atoms with Crippen LogP contribution in [0.5, 0.6) is 0 Å². The number of fused-ring (bicyclic) bond motifs is 1. The second kappa shape index (κ2) is 5.61. The number of hydrogen-bond acceptors (Lipinski definition) is 3. The third kappa shape index (κ3) is 2.46. The van der Waals surface area contributed by atoms with E-state index < -0.39 is 0 Å². The molecule has 0 saturated carbocycles. The number of nitrogens with zero attached hydrogens (tertiary/aromatic N) is 4. The predicted octanol–water partition coefficient (Wildman–Crippen LogP) is 3.68. The molecule has 0 atom stereocenters. The van der Waals surface area contributed by atoms with E-state index >= 15 is 0 Å². The van der Waals surface area contributed by atoms with E-state index in [2.05, 4.69) is 15.0 Å². The maximum Gasteiger partial charge on any atom is 0.160 e. The van der Waals surface area contributed by atoms with Gasteiger partial charge in [0.1, 0.15) is 17.2 Å². The normalized spacial score (nSPS) is 11.0. The summed E-state index contributed by atoms with van der Waals surface area (Å²) in [5, 5.41) is 0. The molecule has 3 heterocycles. The summed E-state index contributed by atoms with van der Waals surface area (Å²) in [5.74, 6) is 0.498. The largest absolute Gasteiger partial charge is 0.304 e. The first-order valence-electron chi connectivity index (χ1n) is 7.28. The van der Waals surface area contributed by atoms with Crippen molar-refractivity contribution < 1.29 is 4.39 Å². The van der Waals surface area contributed by atoms with Gasteiger partial charge in [0.2, 0.25) is 0 Å². The van der Waals surface area contributed by atoms with Crippen molar-refractivity contribution in [2.45, 2.75) is 6.54 Å². The smallest absolute Gasteiger partial charge is 0.160 e. The summed E-state index contributed by atoms with van der Waals surface area (Å²) < 4.78 is 16.0. The van der Waals surface area contributed by atoms with Crippen LogP contribution < -0.4 is 0 Å². The fourth-order valence-corrected chi connectivity index (χ4v) is 2.62. The second-order valence-electron chi connectivity index (χ2n) is 5.20. The molecular weight excluding hydrogens is 291 g/mol. The van der Waals surface area contributed by atoms with Crippen molar-refractivity contribution in [3.05, 3.63) is 78.5 Å². The molecule has 4 aromatic rings. The Morgan fingerprint density at radius 1 is 0.957 bits per heavy atom. The fourth-order valence-electron chi connectivity index (χ4n) is 2.62. The van der Waals surface area contributed by atoms with Crippen LogP contribution in [-0.4, -0.2) is 19.5 Å². The quantitative estimate of drug-likeness (QED) is 0.580. The summed E-state index contributed by atoms with van der Waals surface area (Å²) in [6.07, 6.45) is 5.18. The average Bonchev–Trinajstić information content (AvgIpc) is 2.96. The Balaban J connectivity index is 1.92. The monoisotopic (exact) mass is 304 g/mol. The van der Waals surface area contributed by atoms with Crippen LogP contribution in [0.1, 0.15) is 5.56 Å². The summed E-state index contributed by atoms with van der Waals surface area (Å²) in [7, 11) is 0. The molecule has 0 unspecified atom stereocenters. The van der Waals surface area contributed by atoms with E-state index in [9.17, 15) is 4.39 Å². The molecule has 0 amide bonds. The standard InChI is InChI=1S/C18H13FN4/c19-15-7-2-1-5-14(15)12-23-17(13-6-3-9-20-11-13)22-16-8-4-10-21-18(16)23/h1-11H,12H2. The number of aromatic nitrogens is 4. The van der Waals surface area contributed by atoms with Crippen LogP contribution in [-0.2, 0) is 6.54 Å². The van der Waals surface area contributed by atoms with Crippen LogP contribution in [0.2, 0.25) is 0 Å². The maximum absolute atomic E-state index is 14.0. The highest BCUT2D eigenvalue weighted by Crippen LogP contribution is 2.24. The Kier molecular flexibility index (Phi) is 3.31. The van der Waals surface area contributed by atoms with Gasteiger partial charge in [-0.05, 0) is 30.3 Å². The zero-order chi connectivity index (χ0) is 15.6. The van der Waals surface area contributed by atoms with Gasteiger partial charge in [-0.25, -0.2) is 14.4 Å². The molecule has 4 rings (SSSR count). The molecule has 112 valence electrons. The molecule has 4 nitrogen and oxygen atoms in total. The van der Waals surface area contributed by atoms with E-state index in [1.54, 1.807) is 30.7 Å². The Morgan fingerprint density at radius 3 is 2.65 bits per heavy atom. The average molecular weight is 304 g/mol. The Hall–Kier alpha value is -3.08. The van der Waals surface area contributed by atoms with Crippen LogP contribution in [0.25, 0.3) is 22.6 Å². The minimum absolute atomic E-state index is 0.234. The number of pyridine rings is 2. The molecule has 0 N–H and O–H groups in total. The van der Waals surface area contributed by atoms with E-state index in [1.807, 2.05) is 34.9 Å². The lowest BCUT2D eigenvalue weighted by Gasteiger charge is -2.09. The van der Waals surface area contributed by atoms with Crippen molar-refractivity contribution >= 4 is 11.2 Å². The third-order valence-electron chi connectivity index (χ3n) is 3.71. The van der Waals surface area contributed by atoms with Gasteiger partial charge in [0.05, 0.1) is 6.54 Å². The summed E-state index contributed by atoms with van der Waals surface area (Å²) in [6, 6.07) is 14.3. The molecule has 0 radical (unpaired) electrons. The van der Waals surface area contributed by atoms with E-state index in [-0.39, 0.29) is 5.82 Å². The summed E-state index contributed by atoms with van der Waals surface area (Å²) in [5.41, 5.74) is 2.99.